The second kappa shape index (κ2) is 6.52. The van der Waals surface area contributed by atoms with Crippen LogP contribution < -0.4 is 10.1 Å². The summed E-state index contributed by atoms with van der Waals surface area (Å²) in [5.74, 6) is 0.662. The molecule has 0 saturated carbocycles. The van der Waals surface area contributed by atoms with Gasteiger partial charge in [0.1, 0.15) is 0 Å². The van der Waals surface area contributed by atoms with E-state index in [2.05, 4.69) is 40.8 Å². The molecule has 4 heteroatoms. The number of hydrogen-bond donors (Lipinski definition) is 1. The van der Waals surface area contributed by atoms with Gasteiger partial charge < -0.3 is 10.1 Å². The molecule has 2 heterocycles. The van der Waals surface area contributed by atoms with Crippen LogP contribution in [0.2, 0.25) is 0 Å². The Bertz CT molecular complexity index is 453. The van der Waals surface area contributed by atoms with Crippen LogP contribution in [0.25, 0.3) is 0 Å². The third kappa shape index (κ3) is 3.31. The number of nitrogens with zero attached hydrogens (tertiary/aromatic N) is 1. The van der Waals surface area contributed by atoms with Crippen molar-refractivity contribution in [2.24, 2.45) is 0 Å². The number of likely N-dealkylation sites (N-methyl/N-ethyl adjacent to an activating group) is 1. The number of aromatic nitrogens is 1. The third-order valence-corrected chi connectivity index (χ3v) is 3.77. The van der Waals surface area contributed by atoms with Crippen LogP contribution in [-0.2, 0) is 6.42 Å². The summed E-state index contributed by atoms with van der Waals surface area (Å²) < 4.78 is 5.07. The summed E-state index contributed by atoms with van der Waals surface area (Å²) in [6, 6.07) is 8.62. The van der Waals surface area contributed by atoms with Crippen molar-refractivity contribution in [3.8, 4) is 5.88 Å². The molecule has 2 aromatic heterocycles. The van der Waals surface area contributed by atoms with E-state index in [1.807, 2.05) is 12.3 Å². The summed E-state index contributed by atoms with van der Waals surface area (Å²) in [5.41, 5.74) is 1.22. The molecule has 0 amide bonds. The molecule has 0 aromatic carbocycles. The van der Waals surface area contributed by atoms with E-state index in [-0.39, 0.29) is 0 Å². The minimum absolute atomic E-state index is 0.366. The highest BCUT2D eigenvalue weighted by molar-refractivity contribution is 7.10. The summed E-state index contributed by atoms with van der Waals surface area (Å²) in [5, 5.41) is 5.63. The van der Waals surface area contributed by atoms with Crippen LogP contribution in [0.15, 0.2) is 35.8 Å². The van der Waals surface area contributed by atoms with Crippen molar-refractivity contribution in [2.45, 2.75) is 19.4 Å². The smallest absolute Gasteiger partial charge is 0.212 e. The molecule has 0 radical (unpaired) electrons. The minimum Gasteiger partial charge on any atom is -0.481 e. The molecule has 96 valence electrons. The second-order valence-corrected chi connectivity index (χ2v) is 5.02. The zero-order valence-corrected chi connectivity index (χ0v) is 11.5. The Kier molecular flexibility index (Phi) is 4.73. The molecule has 0 aliphatic carbocycles. The predicted molar refractivity (Wildman–Crippen MR) is 75.2 cm³/mol. The van der Waals surface area contributed by atoms with Gasteiger partial charge in [-0.3, -0.25) is 0 Å². The lowest BCUT2D eigenvalue weighted by molar-refractivity contribution is 0.397. The minimum atomic E-state index is 0.366. The van der Waals surface area contributed by atoms with Crippen LogP contribution in [0, 0.1) is 0 Å². The SMILES string of the molecule is CCNC(Cc1ccc(OC)nc1)c1cccs1. The normalized spacial score (nSPS) is 12.3. The van der Waals surface area contributed by atoms with Gasteiger partial charge in [0, 0.05) is 23.2 Å². The van der Waals surface area contributed by atoms with E-state index in [0.717, 1.165) is 13.0 Å². The van der Waals surface area contributed by atoms with Gasteiger partial charge >= 0.3 is 0 Å². The maximum Gasteiger partial charge on any atom is 0.212 e. The van der Waals surface area contributed by atoms with Crippen LogP contribution in [0.4, 0.5) is 0 Å². The van der Waals surface area contributed by atoms with E-state index in [4.69, 9.17) is 4.74 Å². The number of hydrogen-bond acceptors (Lipinski definition) is 4. The van der Waals surface area contributed by atoms with E-state index in [1.165, 1.54) is 10.4 Å². The lowest BCUT2D eigenvalue weighted by Gasteiger charge is -2.16. The molecule has 0 aliphatic rings. The van der Waals surface area contributed by atoms with Crippen molar-refractivity contribution >= 4 is 11.3 Å². The van der Waals surface area contributed by atoms with Gasteiger partial charge in [0.15, 0.2) is 0 Å². The Hall–Kier alpha value is -1.39. The standard InChI is InChI=1S/C14H18N2OS/c1-3-15-12(13-5-4-8-18-13)9-11-6-7-14(17-2)16-10-11/h4-8,10,12,15H,3,9H2,1-2H3. The van der Waals surface area contributed by atoms with Crippen molar-refractivity contribution < 1.29 is 4.74 Å². The quantitative estimate of drug-likeness (QED) is 0.869. The zero-order chi connectivity index (χ0) is 12.8. The fraction of sp³-hybridized carbons (Fsp3) is 0.357. The average Bonchev–Trinajstić information content (AvgIpc) is 2.93. The summed E-state index contributed by atoms with van der Waals surface area (Å²) in [6.45, 7) is 3.10. The van der Waals surface area contributed by atoms with E-state index in [1.54, 1.807) is 18.4 Å². The molecule has 0 bridgehead atoms. The van der Waals surface area contributed by atoms with E-state index < -0.39 is 0 Å². The van der Waals surface area contributed by atoms with Gasteiger partial charge in [-0.05, 0) is 30.0 Å². The number of rotatable bonds is 6. The van der Waals surface area contributed by atoms with Gasteiger partial charge in [0.25, 0.3) is 0 Å². The van der Waals surface area contributed by atoms with Crippen molar-refractivity contribution in [1.29, 1.82) is 0 Å². The Labute approximate surface area is 112 Å². The van der Waals surface area contributed by atoms with Gasteiger partial charge in [-0.25, -0.2) is 4.98 Å². The lowest BCUT2D eigenvalue weighted by Crippen LogP contribution is -2.22. The molecule has 1 N–H and O–H groups in total. The molecule has 0 fully saturated rings. The van der Waals surface area contributed by atoms with Crippen LogP contribution >= 0.6 is 11.3 Å². The molecule has 0 aliphatic heterocycles. The van der Waals surface area contributed by atoms with Crippen molar-refractivity contribution in [3.63, 3.8) is 0 Å². The van der Waals surface area contributed by atoms with Gasteiger partial charge in [-0.1, -0.05) is 19.1 Å². The van der Waals surface area contributed by atoms with Crippen LogP contribution in [0.3, 0.4) is 0 Å². The molecular weight excluding hydrogens is 244 g/mol. The number of pyridine rings is 1. The number of methoxy groups -OCH3 is 1. The summed E-state index contributed by atoms with van der Waals surface area (Å²) in [4.78, 5) is 5.61. The largest absolute Gasteiger partial charge is 0.481 e. The maximum atomic E-state index is 5.07. The molecule has 2 aromatic rings. The van der Waals surface area contributed by atoms with Crippen molar-refractivity contribution in [2.75, 3.05) is 13.7 Å². The first-order chi connectivity index (χ1) is 8.83. The van der Waals surface area contributed by atoms with Crippen molar-refractivity contribution in [3.05, 3.63) is 46.3 Å². The van der Waals surface area contributed by atoms with Gasteiger partial charge in [-0.2, -0.15) is 0 Å². The molecule has 1 unspecified atom stereocenters. The monoisotopic (exact) mass is 262 g/mol. The zero-order valence-electron chi connectivity index (χ0n) is 10.7. The fourth-order valence-corrected chi connectivity index (χ4v) is 2.70. The Balaban J connectivity index is 2.08. The number of thiophene rings is 1. The highest BCUT2D eigenvalue weighted by Crippen LogP contribution is 2.23. The van der Waals surface area contributed by atoms with Crippen molar-refractivity contribution in [1.82, 2.24) is 10.3 Å². The van der Waals surface area contributed by atoms with Crippen LogP contribution in [0.1, 0.15) is 23.4 Å². The average molecular weight is 262 g/mol. The first-order valence-corrected chi connectivity index (χ1v) is 6.97. The summed E-state index contributed by atoms with van der Waals surface area (Å²) in [6.07, 6.45) is 2.84. The number of ether oxygens (including phenoxy) is 1. The first-order valence-electron chi connectivity index (χ1n) is 6.09. The topological polar surface area (TPSA) is 34.1 Å². The highest BCUT2D eigenvalue weighted by Gasteiger charge is 2.12. The molecule has 0 saturated heterocycles. The van der Waals surface area contributed by atoms with Crippen LogP contribution in [0.5, 0.6) is 5.88 Å². The first kappa shape index (κ1) is 13.1. The summed E-state index contributed by atoms with van der Waals surface area (Å²) in [7, 11) is 1.63. The number of nitrogens with one attached hydrogen (secondary N) is 1. The third-order valence-electron chi connectivity index (χ3n) is 2.78. The Morgan fingerprint density at radius 3 is 2.83 bits per heavy atom. The fourth-order valence-electron chi connectivity index (χ4n) is 1.90. The van der Waals surface area contributed by atoms with Gasteiger partial charge in [0.2, 0.25) is 5.88 Å². The molecule has 3 nitrogen and oxygen atoms in total. The lowest BCUT2D eigenvalue weighted by atomic mass is 10.1. The van der Waals surface area contributed by atoms with E-state index in [0.29, 0.717) is 11.9 Å². The van der Waals surface area contributed by atoms with E-state index >= 15 is 0 Å². The summed E-state index contributed by atoms with van der Waals surface area (Å²) >= 11 is 1.79. The highest BCUT2D eigenvalue weighted by atomic mass is 32.1. The molecular formula is C14H18N2OS. The van der Waals surface area contributed by atoms with Crippen LogP contribution in [-0.4, -0.2) is 18.6 Å². The second-order valence-electron chi connectivity index (χ2n) is 4.04. The molecule has 18 heavy (non-hydrogen) atoms. The molecule has 2 rings (SSSR count). The predicted octanol–water partition coefficient (Wildman–Crippen LogP) is 3.05. The Morgan fingerprint density at radius 1 is 1.39 bits per heavy atom. The van der Waals surface area contributed by atoms with Gasteiger partial charge in [-0.15, -0.1) is 11.3 Å². The molecule has 1 atom stereocenters. The molecule has 0 spiro atoms. The Morgan fingerprint density at radius 2 is 2.28 bits per heavy atom. The maximum absolute atomic E-state index is 5.07. The van der Waals surface area contributed by atoms with E-state index in [9.17, 15) is 0 Å². The van der Waals surface area contributed by atoms with Gasteiger partial charge in [0.05, 0.1) is 7.11 Å².